The van der Waals surface area contributed by atoms with E-state index in [0.717, 1.165) is 22.2 Å². The van der Waals surface area contributed by atoms with Crippen molar-refractivity contribution >= 4 is 32.5 Å². The van der Waals surface area contributed by atoms with Crippen LogP contribution < -0.4 is 4.72 Å². The first-order valence-corrected chi connectivity index (χ1v) is 9.56. The number of aromatic nitrogens is 1. The number of nitrogens with one attached hydrogen (secondary N) is 2. The number of hydrogen-bond acceptors (Lipinski definition) is 2. The first-order valence-electron chi connectivity index (χ1n) is 7.70. The minimum Gasteiger partial charge on any atom is -0.358 e. The maximum atomic E-state index is 12.3. The molecule has 0 spiro atoms. The van der Waals surface area contributed by atoms with E-state index < -0.39 is 10.0 Å². The van der Waals surface area contributed by atoms with Crippen molar-refractivity contribution in [3.63, 3.8) is 0 Å². The average Bonchev–Trinajstić information content (AvgIpc) is 2.83. The quantitative estimate of drug-likeness (QED) is 0.721. The van der Waals surface area contributed by atoms with Gasteiger partial charge in [-0.3, -0.25) is 0 Å². The molecule has 0 radical (unpaired) electrons. The first kappa shape index (κ1) is 17.0. The van der Waals surface area contributed by atoms with Gasteiger partial charge in [-0.15, -0.1) is 0 Å². The van der Waals surface area contributed by atoms with Gasteiger partial charge in [0.25, 0.3) is 0 Å². The third kappa shape index (κ3) is 3.48. The Morgan fingerprint density at radius 2 is 1.92 bits per heavy atom. The van der Waals surface area contributed by atoms with Crippen LogP contribution in [0.2, 0.25) is 5.02 Å². The lowest BCUT2D eigenvalue weighted by atomic mass is 10.1. The number of H-pyrrole nitrogens is 1. The highest BCUT2D eigenvalue weighted by molar-refractivity contribution is 7.89. The second-order valence-corrected chi connectivity index (χ2v) is 8.09. The second-order valence-electron chi connectivity index (χ2n) is 5.88. The molecule has 0 saturated carbocycles. The largest absolute Gasteiger partial charge is 0.358 e. The van der Waals surface area contributed by atoms with E-state index in [4.69, 9.17) is 11.6 Å². The summed E-state index contributed by atoms with van der Waals surface area (Å²) < 4.78 is 27.3. The number of sulfonamides is 1. The molecule has 1 heterocycles. The van der Waals surface area contributed by atoms with E-state index in [0.29, 0.717) is 18.0 Å². The molecule has 6 heteroatoms. The van der Waals surface area contributed by atoms with E-state index >= 15 is 0 Å². The molecule has 0 fully saturated rings. The molecule has 0 atom stereocenters. The summed E-state index contributed by atoms with van der Waals surface area (Å²) >= 11 is 5.87. The predicted octanol–water partition coefficient (Wildman–Crippen LogP) is 3.96. The Morgan fingerprint density at radius 3 is 2.67 bits per heavy atom. The molecule has 126 valence electrons. The minimum absolute atomic E-state index is 0.182. The van der Waals surface area contributed by atoms with Gasteiger partial charge in [0.1, 0.15) is 0 Å². The van der Waals surface area contributed by atoms with Gasteiger partial charge >= 0.3 is 0 Å². The number of benzene rings is 2. The van der Waals surface area contributed by atoms with Crippen LogP contribution in [0.5, 0.6) is 0 Å². The molecule has 24 heavy (non-hydrogen) atoms. The average molecular weight is 363 g/mol. The zero-order valence-electron chi connectivity index (χ0n) is 13.6. The molecule has 0 unspecified atom stereocenters. The maximum Gasteiger partial charge on any atom is 0.240 e. The lowest BCUT2D eigenvalue weighted by Crippen LogP contribution is -2.26. The SMILES string of the molecule is Cc1ccc2[nH]c(C)c(CCNS(=O)(=O)c3cccc(Cl)c3)c2c1. The minimum atomic E-state index is -3.55. The van der Waals surface area contributed by atoms with Crippen molar-refractivity contribution in [2.24, 2.45) is 0 Å². The molecule has 0 bridgehead atoms. The monoisotopic (exact) mass is 362 g/mol. The van der Waals surface area contributed by atoms with Crippen molar-refractivity contribution < 1.29 is 8.42 Å². The first-order chi connectivity index (χ1) is 11.4. The van der Waals surface area contributed by atoms with Crippen LogP contribution in [0.4, 0.5) is 0 Å². The summed E-state index contributed by atoms with van der Waals surface area (Å²) in [5, 5.41) is 1.55. The van der Waals surface area contributed by atoms with Crippen LogP contribution in [0.3, 0.4) is 0 Å². The Bertz CT molecular complexity index is 993. The fraction of sp³-hybridized carbons (Fsp3) is 0.222. The van der Waals surface area contributed by atoms with E-state index in [9.17, 15) is 8.42 Å². The Balaban J connectivity index is 1.77. The van der Waals surface area contributed by atoms with Gasteiger partial charge in [-0.25, -0.2) is 13.1 Å². The van der Waals surface area contributed by atoms with Gasteiger partial charge in [0.2, 0.25) is 10.0 Å². The third-order valence-electron chi connectivity index (χ3n) is 4.05. The number of aromatic amines is 1. The standard InChI is InChI=1S/C18H19ClN2O2S/c1-12-6-7-18-17(10-12)16(13(2)21-18)8-9-20-24(22,23)15-5-3-4-14(19)11-15/h3-7,10-11,20-21H,8-9H2,1-2H3. The van der Waals surface area contributed by atoms with Crippen LogP contribution in [0.25, 0.3) is 10.9 Å². The van der Waals surface area contributed by atoms with Gasteiger partial charge < -0.3 is 4.98 Å². The summed E-state index contributed by atoms with van der Waals surface area (Å²) in [6.07, 6.45) is 0.620. The van der Waals surface area contributed by atoms with Crippen molar-refractivity contribution in [1.29, 1.82) is 0 Å². The summed E-state index contributed by atoms with van der Waals surface area (Å²) in [7, 11) is -3.55. The van der Waals surface area contributed by atoms with Crippen LogP contribution in [0.1, 0.15) is 16.8 Å². The highest BCUT2D eigenvalue weighted by Crippen LogP contribution is 2.23. The van der Waals surface area contributed by atoms with E-state index in [1.807, 2.05) is 13.8 Å². The second kappa shape index (κ2) is 6.59. The highest BCUT2D eigenvalue weighted by atomic mass is 35.5. The molecule has 2 N–H and O–H groups in total. The lowest BCUT2D eigenvalue weighted by Gasteiger charge is -2.07. The molecule has 3 rings (SSSR count). The molecule has 0 aliphatic rings. The smallest absolute Gasteiger partial charge is 0.240 e. The Morgan fingerprint density at radius 1 is 1.12 bits per heavy atom. The van der Waals surface area contributed by atoms with Crippen LogP contribution >= 0.6 is 11.6 Å². The fourth-order valence-corrected chi connectivity index (χ4v) is 4.18. The Hall–Kier alpha value is -1.82. The third-order valence-corrected chi connectivity index (χ3v) is 5.74. The van der Waals surface area contributed by atoms with Crippen molar-refractivity contribution in [2.75, 3.05) is 6.54 Å². The number of halogens is 1. The lowest BCUT2D eigenvalue weighted by molar-refractivity contribution is 0.581. The van der Waals surface area contributed by atoms with Crippen molar-refractivity contribution in [3.8, 4) is 0 Å². The molecule has 0 aliphatic carbocycles. The van der Waals surface area contributed by atoms with Gasteiger partial charge in [0.15, 0.2) is 0 Å². The van der Waals surface area contributed by atoms with Gasteiger partial charge in [-0.2, -0.15) is 0 Å². The van der Waals surface area contributed by atoms with E-state index in [-0.39, 0.29) is 4.90 Å². The number of aryl methyl sites for hydroxylation is 2. The molecule has 1 aromatic heterocycles. The zero-order valence-corrected chi connectivity index (χ0v) is 15.1. The highest BCUT2D eigenvalue weighted by Gasteiger charge is 2.15. The Labute approximate surface area is 146 Å². The van der Waals surface area contributed by atoms with E-state index in [2.05, 4.69) is 27.9 Å². The topological polar surface area (TPSA) is 62.0 Å². The fourth-order valence-electron chi connectivity index (χ4n) is 2.85. The van der Waals surface area contributed by atoms with Crippen molar-refractivity contribution in [1.82, 2.24) is 9.71 Å². The van der Waals surface area contributed by atoms with Gasteiger partial charge in [0, 0.05) is 28.2 Å². The molecular weight excluding hydrogens is 344 g/mol. The van der Waals surface area contributed by atoms with Crippen LogP contribution in [-0.4, -0.2) is 19.9 Å². The molecule has 4 nitrogen and oxygen atoms in total. The van der Waals surface area contributed by atoms with Gasteiger partial charge in [-0.1, -0.05) is 29.3 Å². The summed E-state index contributed by atoms with van der Waals surface area (Å²) in [6, 6.07) is 12.5. The normalized spacial score (nSPS) is 12.0. The van der Waals surface area contributed by atoms with Crippen molar-refractivity contribution in [2.45, 2.75) is 25.2 Å². The molecule has 3 aromatic rings. The predicted molar refractivity (Wildman–Crippen MR) is 98.1 cm³/mol. The number of rotatable bonds is 5. The van der Waals surface area contributed by atoms with Crippen LogP contribution in [-0.2, 0) is 16.4 Å². The van der Waals surface area contributed by atoms with Gasteiger partial charge in [-0.05, 0) is 56.2 Å². The number of hydrogen-bond donors (Lipinski definition) is 2. The Kier molecular flexibility index (Phi) is 4.67. The molecule has 0 aliphatic heterocycles. The molecule has 2 aromatic carbocycles. The molecular formula is C18H19ClN2O2S. The van der Waals surface area contributed by atoms with Crippen LogP contribution in [0, 0.1) is 13.8 Å². The van der Waals surface area contributed by atoms with Crippen LogP contribution in [0.15, 0.2) is 47.4 Å². The van der Waals surface area contributed by atoms with Gasteiger partial charge in [0.05, 0.1) is 4.90 Å². The molecule has 0 saturated heterocycles. The summed E-state index contributed by atoms with van der Waals surface area (Å²) in [6.45, 7) is 4.39. The summed E-state index contributed by atoms with van der Waals surface area (Å²) in [5.74, 6) is 0. The molecule has 0 amide bonds. The van der Waals surface area contributed by atoms with E-state index in [1.54, 1.807) is 12.1 Å². The van der Waals surface area contributed by atoms with Crippen molar-refractivity contribution in [3.05, 3.63) is 64.3 Å². The maximum absolute atomic E-state index is 12.3. The summed E-state index contributed by atoms with van der Waals surface area (Å²) in [4.78, 5) is 3.53. The zero-order chi connectivity index (χ0) is 17.3. The summed E-state index contributed by atoms with van der Waals surface area (Å²) in [5.41, 5.74) is 4.47. The van der Waals surface area contributed by atoms with E-state index in [1.165, 1.54) is 17.7 Å². The number of fused-ring (bicyclic) bond motifs is 1.